The van der Waals surface area contributed by atoms with Crippen molar-refractivity contribution in [1.82, 2.24) is 10.2 Å². The lowest BCUT2D eigenvalue weighted by molar-refractivity contribution is 0.153. The summed E-state index contributed by atoms with van der Waals surface area (Å²) in [6.07, 6.45) is 1.10. The van der Waals surface area contributed by atoms with E-state index >= 15 is 0 Å². The number of hydrogen-bond donors (Lipinski definition) is 1. The Morgan fingerprint density at radius 2 is 1.86 bits per heavy atom. The molecule has 1 aliphatic heterocycles. The van der Waals surface area contributed by atoms with Crippen LogP contribution in [0.25, 0.3) is 0 Å². The van der Waals surface area contributed by atoms with Crippen LogP contribution in [0.3, 0.4) is 0 Å². The van der Waals surface area contributed by atoms with Gasteiger partial charge in [0.2, 0.25) is 0 Å². The molecule has 0 aliphatic carbocycles. The maximum atomic E-state index is 13.3. The number of benzene rings is 1. The van der Waals surface area contributed by atoms with Crippen molar-refractivity contribution in [2.75, 3.05) is 26.2 Å². The number of hydrogen-bond acceptors (Lipinski definition) is 2. The summed E-state index contributed by atoms with van der Waals surface area (Å²) in [4.78, 5) is 2.51. The Hall–Kier alpha value is 0.130. The minimum atomic E-state index is -0.181. The molecule has 1 heterocycles. The molecule has 1 aromatic carbocycles. The van der Waals surface area contributed by atoms with Gasteiger partial charge in [-0.3, -0.25) is 4.90 Å². The highest BCUT2D eigenvalue weighted by atomic mass is 79.9. The van der Waals surface area contributed by atoms with Crippen LogP contribution in [0.1, 0.15) is 31.9 Å². The van der Waals surface area contributed by atoms with E-state index in [-0.39, 0.29) is 30.6 Å². The van der Waals surface area contributed by atoms with Crippen molar-refractivity contribution >= 4 is 40.7 Å². The zero-order valence-corrected chi connectivity index (χ0v) is 15.7. The van der Waals surface area contributed by atoms with Crippen molar-refractivity contribution in [3.8, 4) is 0 Å². The molecule has 0 amide bonds. The van der Waals surface area contributed by atoms with Crippen molar-refractivity contribution < 1.29 is 4.39 Å². The molecule has 1 aromatic rings. The van der Waals surface area contributed by atoms with E-state index in [1.165, 1.54) is 5.56 Å². The zero-order valence-electron chi connectivity index (χ0n) is 12.4. The van der Waals surface area contributed by atoms with Crippen LogP contribution in [-0.2, 0) is 0 Å². The highest BCUT2D eigenvalue weighted by Gasteiger charge is 2.24. The molecule has 2 nitrogen and oxygen atoms in total. The molecule has 0 bridgehead atoms. The first-order valence-corrected chi connectivity index (χ1v) is 7.77. The minimum Gasteiger partial charge on any atom is -0.314 e. The van der Waals surface area contributed by atoms with Crippen molar-refractivity contribution in [2.45, 2.75) is 26.3 Å². The summed E-state index contributed by atoms with van der Waals surface area (Å²) in [5, 5.41) is 3.38. The van der Waals surface area contributed by atoms with Gasteiger partial charge in [0.15, 0.2) is 0 Å². The number of rotatable bonds is 4. The first-order chi connectivity index (χ1) is 9.08. The molecule has 21 heavy (non-hydrogen) atoms. The average Bonchev–Trinajstić information content (AvgIpc) is 2.37. The molecule has 2 rings (SSSR count). The fraction of sp³-hybridized carbons (Fsp3) is 0.600. The third kappa shape index (κ3) is 6.03. The first kappa shape index (κ1) is 21.1. The third-order valence-electron chi connectivity index (χ3n) is 3.61. The molecule has 6 heteroatoms. The summed E-state index contributed by atoms with van der Waals surface area (Å²) in [7, 11) is 0. The first-order valence-electron chi connectivity index (χ1n) is 6.97. The Labute approximate surface area is 147 Å². The third-order valence-corrected chi connectivity index (χ3v) is 4.30. The van der Waals surface area contributed by atoms with Crippen LogP contribution in [-0.4, -0.2) is 31.1 Å². The Morgan fingerprint density at radius 1 is 1.24 bits per heavy atom. The lowest BCUT2D eigenvalue weighted by Gasteiger charge is -2.36. The van der Waals surface area contributed by atoms with Crippen molar-refractivity contribution in [2.24, 2.45) is 5.92 Å². The predicted molar refractivity (Wildman–Crippen MR) is 95.2 cm³/mol. The topological polar surface area (TPSA) is 15.3 Å². The van der Waals surface area contributed by atoms with Gasteiger partial charge in [-0.25, -0.2) is 4.39 Å². The Bertz CT molecular complexity index is 426. The van der Waals surface area contributed by atoms with Crippen LogP contribution >= 0.6 is 40.7 Å². The van der Waals surface area contributed by atoms with E-state index in [9.17, 15) is 4.39 Å². The van der Waals surface area contributed by atoms with E-state index < -0.39 is 0 Å². The maximum absolute atomic E-state index is 13.3. The number of nitrogens with one attached hydrogen (secondary N) is 1. The second-order valence-electron chi connectivity index (χ2n) is 5.60. The van der Waals surface area contributed by atoms with E-state index in [2.05, 4.69) is 40.0 Å². The molecular formula is C15H24BrCl2FN2. The second kappa shape index (κ2) is 10.0. The van der Waals surface area contributed by atoms with Crippen LogP contribution in [0.2, 0.25) is 0 Å². The van der Waals surface area contributed by atoms with E-state index in [0.717, 1.165) is 37.1 Å². The zero-order chi connectivity index (χ0) is 13.8. The molecule has 0 spiro atoms. The summed E-state index contributed by atoms with van der Waals surface area (Å²) < 4.78 is 14.1. The van der Waals surface area contributed by atoms with Gasteiger partial charge in [0.05, 0.1) is 0 Å². The molecule has 0 radical (unpaired) electrons. The smallest absolute Gasteiger partial charge is 0.124 e. The van der Waals surface area contributed by atoms with E-state index in [1.807, 2.05) is 6.07 Å². The Kier molecular flexibility index (Phi) is 10.1. The summed E-state index contributed by atoms with van der Waals surface area (Å²) in [6.45, 7) is 8.67. The predicted octanol–water partition coefficient (Wildman–Crippen LogP) is 4.42. The average molecular weight is 402 g/mol. The highest BCUT2D eigenvalue weighted by molar-refractivity contribution is 9.10. The fourth-order valence-electron chi connectivity index (χ4n) is 2.68. The fourth-order valence-corrected chi connectivity index (χ4v) is 3.30. The lowest BCUT2D eigenvalue weighted by atomic mass is 9.95. The number of piperazine rings is 1. The maximum Gasteiger partial charge on any atom is 0.124 e. The van der Waals surface area contributed by atoms with Gasteiger partial charge in [0, 0.05) is 36.7 Å². The van der Waals surface area contributed by atoms with E-state index in [1.54, 1.807) is 12.1 Å². The van der Waals surface area contributed by atoms with Crippen molar-refractivity contribution in [3.63, 3.8) is 0 Å². The standard InChI is InChI=1S/C15H22BrFN2.2ClH/c1-11(2)9-15(19-7-5-18-6-8-19)13-4-3-12(17)10-14(13)16;;/h3-4,10-11,15,18H,5-9H2,1-2H3;2*1H/t15-;;/m1../s1. The number of halogens is 4. The quantitative estimate of drug-likeness (QED) is 0.802. The van der Waals surface area contributed by atoms with Gasteiger partial charge in [-0.2, -0.15) is 0 Å². The van der Waals surface area contributed by atoms with Gasteiger partial charge in [-0.15, -0.1) is 24.8 Å². The van der Waals surface area contributed by atoms with Gasteiger partial charge < -0.3 is 5.32 Å². The van der Waals surface area contributed by atoms with Gasteiger partial charge in [-0.05, 0) is 30.0 Å². The summed E-state index contributed by atoms with van der Waals surface area (Å²) in [5.74, 6) is 0.441. The van der Waals surface area contributed by atoms with Crippen LogP contribution in [0.4, 0.5) is 4.39 Å². The minimum absolute atomic E-state index is 0. The Balaban J connectivity index is 0.00000200. The van der Waals surface area contributed by atoms with Crippen LogP contribution < -0.4 is 5.32 Å². The molecule has 0 aromatic heterocycles. The molecule has 1 N–H and O–H groups in total. The molecule has 1 atom stereocenters. The van der Waals surface area contributed by atoms with Gasteiger partial charge in [0.25, 0.3) is 0 Å². The largest absolute Gasteiger partial charge is 0.314 e. The summed E-state index contributed by atoms with van der Waals surface area (Å²) in [6, 6.07) is 5.44. The Morgan fingerprint density at radius 3 is 2.38 bits per heavy atom. The van der Waals surface area contributed by atoms with Gasteiger partial charge >= 0.3 is 0 Å². The summed E-state index contributed by atoms with van der Waals surface area (Å²) in [5.41, 5.74) is 1.21. The second-order valence-corrected chi connectivity index (χ2v) is 6.45. The lowest BCUT2D eigenvalue weighted by Crippen LogP contribution is -2.45. The van der Waals surface area contributed by atoms with Crippen LogP contribution in [0, 0.1) is 11.7 Å². The molecule has 1 aliphatic rings. The van der Waals surface area contributed by atoms with E-state index in [4.69, 9.17) is 0 Å². The SMILES string of the molecule is CC(C)C[C@H](c1ccc(F)cc1Br)N1CCNCC1.Cl.Cl. The van der Waals surface area contributed by atoms with Crippen LogP contribution in [0.5, 0.6) is 0 Å². The van der Waals surface area contributed by atoms with Crippen molar-refractivity contribution in [1.29, 1.82) is 0 Å². The van der Waals surface area contributed by atoms with Gasteiger partial charge in [0.1, 0.15) is 5.82 Å². The van der Waals surface area contributed by atoms with Crippen LogP contribution in [0.15, 0.2) is 22.7 Å². The molecule has 1 fully saturated rings. The molecular weight excluding hydrogens is 378 g/mol. The molecule has 0 unspecified atom stereocenters. The number of nitrogens with zero attached hydrogens (tertiary/aromatic N) is 1. The molecule has 122 valence electrons. The highest BCUT2D eigenvalue weighted by Crippen LogP contribution is 2.33. The normalized spacial score (nSPS) is 17.0. The molecule has 0 saturated carbocycles. The molecule has 1 saturated heterocycles. The monoisotopic (exact) mass is 400 g/mol. The van der Waals surface area contributed by atoms with Gasteiger partial charge in [-0.1, -0.05) is 35.8 Å². The summed E-state index contributed by atoms with van der Waals surface area (Å²) >= 11 is 3.52. The van der Waals surface area contributed by atoms with Crippen molar-refractivity contribution in [3.05, 3.63) is 34.1 Å². The van der Waals surface area contributed by atoms with E-state index in [0.29, 0.717) is 12.0 Å².